The summed E-state index contributed by atoms with van der Waals surface area (Å²) in [4.78, 5) is 25.0. The summed E-state index contributed by atoms with van der Waals surface area (Å²) >= 11 is 0. The molecule has 35 heavy (non-hydrogen) atoms. The molecule has 11 heteroatoms. The summed E-state index contributed by atoms with van der Waals surface area (Å²) in [5, 5.41) is 3.02. The highest BCUT2D eigenvalue weighted by Gasteiger charge is 2.40. The van der Waals surface area contributed by atoms with Crippen LogP contribution in [0.2, 0.25) is 0 Å². The number of alkyl halides is 3. The smallest absolute Gasteiger partial charge is 0.497 e. The lowest BCUT2D eigenvalue weighted by Gasteiger charge is -2.35. The molecule has 1 saturated heterocycles. The fourth-order valence-electron chi connectivity index (χ4n) is 4.09. The molecule has 0 bridgehead atoms. The molecule has 2 N–H and O–H groups in total. The number of hydroxylamine groups is 1. The number of hydrogen-bond donors (Lipinski definition) is 2. The zero-order valence-electron chi connectivity index (χ0n) is 19.4. The number of likely N-dealkylation sites (tertiary alicyclic amines) is 1. The second-order valence-electron chi connectivity index (χ2n) is 8.52. The molecule has 8 nitrogen and oxygen atoms in total. The van der Waals surface area contributed by atoms with Crippen molar-refractivity contribution in [2.75, 3.05) is 26.7 Å². The lowest BCUT2D eigenvalue weighted by atomic mass is 10.0. The standard InChI is InChI=1S/C24H27F3N4O4/c1-16(18-4-3-5-20(14-18)33-2)28-21(32)15-31-12-10-23(11-13-31)29-22(30-35-23)17-6-8-19(9-7-17)34-24(25,26)27/h3-9,14,16H,10-13,15H2,1-2H3,(H,28,32)(H,29,30)/t16-/m0/s1. The molecule has 0 aliphatic carbocycles. The molecule has 2 heterocycles. The summed E-state index contributed by atoms with van der Waals surface area (Å²) in [6.07, 6.45) is -3.61. The van der Waals surface area contributed by atoms with E-state index in [0.717, 1.165) is 11.3 Å². The molecule has 0 unspecified atom stereocenters. The topological polar surface area (TPSA) is 84.4 Å². The van der Waals surface area contributed by atoms with Crippen molar-refractivity contribution in [1.29, 1.82) is 0 Å². The van der Waals surface area contributed by atoms with Crippen LogP contribution in [0.15, 0.2) is 53.5 Å². The lowest BCUT2D eigenvalue weighted by Crippen LogP contribution is -2.47. The molecule has 1 atom stereocenters. The number of amidine groups is 1. The Labute approximate surface area is 201 Å². The van der Waals surface area contributed by atoms with E-state index in [4.69, 9.17) is 9.57 Å². The SMILES string of the molecule is COc1cccc([C@H](C)NC(=O)CN2CCC3(CC2)N=C(c2ccc(OC(F)(F)F)cc2)NO3)c1. The number of methoxy groups -OCH3 is 1. The van der Waals surface area contributed by atoms with E-state index < -0.39 is 12.1 Å². The zero-order valence-corrected chi connectivity index (χ0v) is 19.4. The molecule has 188 valence electrons. The van der Waals surface area contributed by atoms with E-state index in [2.05, 4.69) is 20.5 Å². The van der Waals surface area contributed by atoms with Gasteiger partial charge in [-0.25, -0.2) is 15.3 Å². The molecule has 2 aromatic rings. The number of halogens is 3. The lowest BCUT2D eigenvalue weighted by molar-refractivity contribution is -0.274. The summed E-state index contributed by atoms with van der Waals surface area (Å²) in [5.41, 5.74) is 3.57. The molecule has 0 radical (unpaired) electrons. The van der Waals surface area contributed by atoms with E-state index in [-0.39, 0.29) is 24.2 Å². The summed E-state index contributed by atoms with van der Waals surface area (Å²) < 4.78 is 46.2. The molecule has 2 aliphatic rings. The van der Waals surface area contributed by atoms with Gasteiger partial charge in [-0.15, -0.1) is 13.2 Å². The molecule has 1 amide bonds. The van der Waals surface area contributed by atoms with E-state index in [1.165, 1.54) is 24.3 Å². The Morgan fingerprint density at radius 2 is 1.91 bits per heavy atom. The van der Waals surface area contributed by atoms with Crippen LogP contribution in [0.5, 0.6) is 11.5 Å². The number of carbonyl (C=O) groups excluding carboxylic acids is 1. The Bertz CT molecular complexity index is 1070. The Morgan fingerprint density at radius 1 is 1.20 bits per heavy atom. The predicted molar refractivity (Wildman–Crippen MR) is 122 cm³/mol. The molecular weight excluding hydrogens is 465 g/mol. The molecular formula is C24H27F3N4O4. The molecule has 1 spiro atoms. The highest BCUT2D eigenvalue weighted by Crippen LogP contribution is 2.31. The summed E-state index contributed by atoms with van der Waals surface area (Å²) in [6.45, 7) is 3.40. The van der Waals surface area contributed by atoms with E-state index >= 15 is 0 Å². The maximum Gasteiger partial charge on any atom is 0.573 e. The molecule has 2 aromatic carbocycles. The summed E-state index contributed by atoms with van der Waals surface area (Å²) in [6, 6.07) is 12.8. The van der Waals surface area contributed by atoms with Gasteiger partial charge in [0.05, 0.1) is 19.7 Å². The van der Waals surface area contributed by atoms with Gasteiger partial charge in [0.25, 0.3) is 0 Å². The van der Waals surface area contributed by atoms with Crippen molar-refractivity contribution in [1.82, 2.24) is 15.7 Å². The largest absolute Gasteiger partial charge is 0.573 e. The van der Waals surface area contributed by atoms with Gasteiger partial charge in [-0.3, -0.25) is 9.69 Å². The normalized spacial score (nSPS) is 18.5. The number of piperidine rings is 1. The van der Waals surface area contributed by atoms with Gasteiger partial charge >= 0.3 is 6.36 Å². The van der Waals surface area contributed by atoms with Crippen LogP contribution in [0, 0.1) is 0 Å². The van der Waals surface area contributed by atoms with Crippen LogP contribution >= 0.6 is 0 Å². The Hall–Kier alpha value is -3.31. The Kier molecular flexibility index (Phi) is 7.18. The number of carbonyl (C=O) groups is 1. The van der Waals surface area contributed by atoms with Crippen LogP contribution in [0.4, 0.5) is 13.2 Å². The molecule has 0 saturated carbocycles. The fourth-order valence-corrected chi connectivity index (χ4v) is 4.09. The highest BCUT2D eigenvalue weighted by atomic mass is 19.4. The van der Waals surface area contributed by atoms with Crippen LogP contribution in [-0.4, -0.2) is 55.5 Å². The number of nitrogens with zero attached hydrogens (tertiary/aromatic N) is 2. The predicted octanol–water partition coefficient (Wildman–Crippen LogP) is 3.54. The van der Waals surface area contributed by atoms with Crippen molar-refractivity contribution in [3.63, 3.8) is 0 Å². The number of rotatable bonds is 7. The maximum absolute atomic E-state index is 12.6. The van der Waals surface area contributed by atoms with E-state index in [1.807, 2.05) is 36.1 Å². The average molecular weight is 492 g/mol. The monoisotopic (exact) mass is 492 g/mol. The van der Waals surface area contributed by atoms with Crippen molar-refractivity contribution in [2.24, 2.45) is 4.99 Å². The number of benzene rings is 2. The minimum absolute atomic E-state index is 0.0768. The number of ether oxygens (including phenoxy) is 2. The van der Waals surface area contributed by atoms with Gasteiger partial charge in [-0.2, -0.15) is 0 Å². The first-order chi connectivity index (χ1) is 16.6. The van der Waals surface area contributed by atoms with Gasteiger partial charge in [0.1, 0.15) is 11.5 Å². The van der Waals surface area contributed by atoms with Crippen LogP contribution in [0.3, 0.4) is 0 Å². The van der Waals surface area contributed by atoms with Gasteiger partial charge in [-0.1, -0.05) is 12.1 Å². The number of nitrogens with one attached hydrogen (secondary N) is 2. The van der Waals surface area contributed by atoms with Crippen LogP contribution < -0.4 is 20.3 Å². The third-order valence-electron chi connectivity index (χ3n) is 5.99. The number of aliphatic imine (C=N–C) groups is 1. The van der Waals surface area contributed by atoms with Gasteiger partial charge in [0.2, 0.25) is 5.91 Å². The van der Waals surface area contributed by atoms with E-state index in [0.29, 0.717) is 37.3 Å². The van der Waals surface area contributed by atoms with Crippen molar-refractivity contribution >= 4 is 11.7 Å². The van der Waals surface area contributed by atoms with Crippen molar-refractivity contribution in [2.45, 2.75) is 37.9 Å². The quantitative estimate of drug-likeness (QED) is 0.615. The first-order valence-corrected chi connectivity index (χ1v) is 11.2. The molecule has 4 rings (SSSR count). The van der Waals surface area contributed by atoms with Gasteiger partial charge in [-0.05, 0) is 48.9 Å². The third-order valence-corrected chi connectivity index (χ3v) is 5.99. The van der Waals surface area contributed by atoms with Crippen molar-refractivity contribution in [3.05, 3.63) is 59.7 Å². The van der Waals surface area contributed by atoms with Crippen molar-refractivity contribution in [3.8, 4) is 11.5 Å². The van der Waals surface area contributed by atoms with Crippen molar-refractivity contribution < 1.29 is 32.3 Å². The molecule has 0 aromatic heterocycles. The first-order valence-electron chi connectivity index (χ1n) is 11.2. The summed E-state index contributed by atoms with van der Waals surface area (Å²) in [7, 11) is 1.60. The van der Waals surface area contributed by atoms with Gasteiger partial charge in [0, 0.05) is 31.5 Å². The van der Waals surface area contributed by atoms with E-state index in [9.17, 15) is 18.0 Å². The number of amides is 1. The number of hydrogen-bond acceptors (Lipinski definition) is 7. The minimum atomic E-state index is -4.74. The summed E-state index contributed by atoms with van der Waals surface area (Å²) in [5.74, 6) is 0.803. The fraction of sp³-hybridized carbons (Fsp3) is 0.417. The van der Waals surface area contributed by atoms with Crippen LogP contribution in [-0.2, 0) is 9.63 Å². The molecule has 2 aliphatic heterocycles. The Morgan fingerprint density at radius 3 is 2.57 bits per heavy atom. The zero-order chi connectivity index (χ0) is 25.1. The van der Waals surface area contributed by atoms with Gasteiger partial charge in [0.15, 0.2) is 11.6 Å². The second-order valence-corrected chi connectivity index (χ2v) is 8.52. The molecule has 1 fully saturated rings. The first kappa shape index (κ1) is 24.8. The van der Waals surface area contributed by atoms with Gasteiger partial charge < -0.3 is 14.8 Å². The highest BCUT2D eigenvalue weighted by molar-refractivity contribution is 5.99. The average Bonchev–Trinajstić information content (AvgIpc) is 3.24. The maximum atomic E-state index is 12.6. The second kappa shape index (κ2) is 10.1. The minimum Gasteiger partial charge on any atom is -0.497 e. The Balaban J connectivity index is 1.28. The van der Waals surface area contributed by atoms with E-state index in [1.54, 1.807) is 7.11 Å². The third kappa shape index (κ3) is 6.43. The van der Waals surface area contributed by atoms with Crippen LogP contribution in [0.1, 0.15) is 36.9 Å². The van der Waals surface area contributed by atoms with Crippen LogP contribution in [0.25, 0.3) is 0 Å².